The van der Waals surface area contributed by atoms with Gasteiger partial charge in [-0.3, -0.25) is 0 Å². The number of nitrogens with one attached hydrogen (secondary N) is 1. The second kappa shape index (κ2) is 5.10. The zero-order valence-corrected chi connectivity index (χ0v) is 7.84. The molecule has 0 aliphatic carbocycles. The second-order valence-electron chi connectivity index (χ2n) is 2.36. The van der Waals surface area contributed by atoms with Crippen molar-refractivity contribution in [3.8, 4) is 0 Å². The molecule has 1 atom stereocenters. The molecule has 6 heteroatoms. The predicted molar refractivity (Wildman–Crippen MR) is 48.7 cm³/mol. The Hall–Kier alpha value is -0.620. The summed E-state index contributed by atoms with van der Waals surface area (Å²) in [6, 6.07) is -0.0807. The highest BCUT2D eigenvalue weighted by atomic mass is 32.2. The normalized spacial score (nSPS) is 13.2. The molecule has 68 valence electrons. The van der Waals surface area contributed by atoms with E-state index in [4.69, 9.17) is 5.73 Å². The van der Waals surface area contributed by atoms with Crippen LogP contribution in [0.4, 0.5) is 0 Å². The molecule has 0 bridgehead atoms. The molecule has 1 rings (SSSR count). The molecule has 0 spiro atoms. The molecule has 1 heterocycles. The standard InChI is InChI=1S/C6H13N5S/c1-2-12-4-3-5(7)6-8-10-11-9-6/h5H,2-4,7H2,1H3,(H,8,9,10,11). The Morgan fingerprint density at radius 1 is 1.67 bits per heavy atom. The summed E-state index contributed by atoms with van der Waals surface area (Å²) in [7, 11) is 0. The number of thioether (sulfide) groups is 1. The van der Waals surface area contributed by atoms with Crippen LogP contribution in [0.25, 0.3) is 0 Å². The highest BCUT2D eigenvalue weighted by Gasteiger charge is 2.09. The number of aromatic nitrogens is 4. The molecule has 1 aromatic heterocycles. The van der Waals surface area contributed by atoms with Crippen molar-refractivity contribution in [1.29, 1.82) is 0 Å². The molecule has 0 fully saturated rings. The van der Waals surface area contributed by atoms with Crippen molar-refractivity contribution in [2.24, 2.45) is 5.73 Å². The summed E-state index contributed by atoms with van der Waals surface area (Å²) in [5, 5.41) is 13.5. The molecule has 0 saturated carbocycles. The number of aromatic amines is 1. The van der Waals surface area contributed by atoms with Crippen molar-refractivity contribution in [2.45, 2.75) is 19.4 Å². The quantitative estimate of drug-likeness (QED) is 0.650. The van der Waals surface area contributed by atoms with Crippen LogP contribution in [-0.2, 0) is 0 Å². The Labute approximate surface area is 75.5 Å². The van der Waals surface area contributed by atoms with Gasteiger partial charge in [0, 0.05) is 0 Å². The van der Waals surface area contributed by atoms with E-state index in [1.807, 2.05) is 11.8 Å². The van der Waals surface area contributed by atoms with E-state index in [1.54, 1.807) is 0 Å². The lowest BCUT2D eigenvalue weighted by molar-refractivity contribution is 0.655. The maximum absolute atomic E-state index is 5.78. The van der Waals surface area contributed by atoms with E-state index in [9.17, 15) is 0 Å². The van der Waals surface area contributed by atoms with Crippen molar-refractivity contribution in [2.75, 3.05) is 11.5 Å². The van der Waals surface area contributed by atoms with Gasteiger partial charge in [0.2, 0.25) is 0 Å². The predicted octanol–water partition coefficient (Wildman–Crippen LogP) is 0.343. The number of hydrogen-bond acceptors (Lipinski definition) is 5. The maximum atomic E-state index is 5.78. The number of H-pyrrole nitrogens is 1. The minimum atomic E-state index is -0.0807. The molecule has 0 aliphatic heterocycles. The Kier molecular flexibility index (Phi) is 4.02. The van der Waals surface area contributed by atoms with Crippen LogP contribution in [0.3, 0.4) is 0 Å². The third-order valence-corrected chi connectivity index (χ3v) is 2.40. The fourth-order valence-electron chi connectivity index (χ4n) is 0.810. The van der Waals surface area contributed by atoms with Crippen LogP contribution in [-0.4, -0.2) is 32.1 Å². The molecule has 12 heavy (non-hydrogen) atoms. The first-order valence-electron chi connectivity index (χ1n) is 3.91. The van der Waals surface area contributed by atoms with Crippen molar-refractivity contribution in [3.63, 3.8) is 0 Å². The van der Waals surface area contributed by atoms with Gasteiger partial charge in [0.15, 0.2) is 5.82 Å². The Morgan fingerprint density at radius 3 is 3.08 bits per heavy atom. The first-order chi connectivity index (χ1) is 5.84. The zero-order chi connectivity index (χ0) is 8.81. The first kappa shape index (κ1) is 9.47. The monoisotopic (exact) mass is 187 g/mol. The molecule has 0 aromatic carbocycles. The fourth-order valence-corrected chi connectivity index (χ4v) is 1.52. The van der Waals surface area contributed by atoms with Gasteiger partial charge >= 0.3 is 0 Å². The maximum Gasteiger partial charge on any atom is 0.191 e. The van der Waals surface area contributed by atoms with E-state index in [0.717, 1.165) is 17.9 Å². The summed E-state index contributed by atoms with van der Waals surface area (Å²) < 4.78 is 0. The Morgan fingerprint density at radius 2 is 2.50 bits per heavy atom. The molecule has 1 unspecified atom stereocenters. The second-order valence-corrected chi connectivity index (χ2v) is 3.76. The third kappa shape index (κ3) is 2.78. The summed E-state index contributed by atoms with van der Waals surface area (Å²) in [6.45, 7) is 2.13. The SMILES string of the molecule is CCSCCC(N)c1nn[nH]n1. The molecule has 3 N–H and O–H groups in total. The topological polar surface area (TPSA) is 80.5 Å². The zero-order valence-electron chi connectivity index (χ0n) is 7.03. The number of hydrogen-bond donors (Lipinski definition) is 2. The van der Waals surface area contributed by atoms with Crippen molar-refractivity contribution < 1.29 is 0 Å². The van der Waals surface area contributed by atoms with Crippen LogP contribution in [0.1, 0.15) is 25.2 Å². The molecular weight excluding hydrogens is 174 g/mol. The van der Waals surface area contributed by atoms with E-state index < -0.39 is 0 Å². The van der Waals surface area contributed by atoms with Gasteiger partial charge < -0.3 is 5.73 Å². The van der Waals surface area contributed by atoms with Gasteiger partial charge in [-0.15, -0.1) is 10.2 Å². The molecule has 0 aliphatic rings. The van der Waals surface area contributed by atoms with Crippen LogP contribution in [0.15, 0.2) is 0 Å². The minimum absolute atomic E-state index is 0.0807. The summed E-state index contributed by atoms with van der Waals surface area (Å²) >= 11 is 1.87. The smallest absolute Gasteiger partial charge is 0.191 e. The van der Waals surface area contributed by atoms with Crippen LogP contribution in [0.5, 0.6) is 0 Å². The Bertz CT molecular complexity index is 200. The lowest BCUT2D eigenvalue weighted by Gasteiger charge is -2.04. The molecule has 1 aromatic rings. The number of rotatable bonds is 5. The molecule has 0 amide bonds. The van der Waals surface area contributed by atoms with E-state index in [-0.39, 0.29) is 6.04 Å². The summed E-state index contributed by atoms with van der Waals surface area (Å²) in [5.74, 6) is 2.78. The third-order valence-electron chi connectivity index (χ3n) is 1.47. The van der Waals surface area contributed by atoms with Gasteiger partial charge in [-0.05, 0) is 17.9 Å². The average Bonchev–Trinajstić information content (AvgIpc) is 2.56. The summed E-state index contributed by atoms with van der Waals surface area (Å²) in [4.78, 5) is 0. The number of nitrogens with zero attached hydrogens (tertiary/aromatic N) is 3. The van der Waals surface area contributed by atoms with Gasteiger partial charge in [0.1, 0.15) is 0 Å². The molecule has 5 nitrogen and oxygen atoms in total. The van der Waals surface area contributed by atoms with E-state index in [2.05, 4.69) is 27.5 Å². The van der Waals surface area contributed by atoms with Gasteiger partial charge in [-0.2, -0.15) is 17.0 Å². The van der Waals surface area contributed by atoms with E-state index in [0.29, 0.717) is 5.82 Å². The largest absolute Gasteiger partial charge is 0.321 e. The van der Waals surface area contributed by atoms with Crippen molar-refractivity contribution in [3.05, 3.63) is 5.82 Å². The van der Waals surface area contributed by atoms with Crippen LogP contribution in [0.2, 0.25) is 0 Å². The number of nitrogens with two attached hydrogens (primary N) is 1. The minimum Gasteiger partial charge on any atom is -0.321 e. The van der Waals surface area contributed by atoms with Gasteiger partial charge in [0.25, 0.3) is 0 Å². The highest BCUT2D eigenvalue weighted by molar-refractivity contribution is 7.99. The van der Waals surface area contributed by atoms with E-state index in [1.165, 1.54) is 0 Å². The van der Waals surface area contributed by atoms with Gasteiger partial charge in [0.05, 0.1) is 6.04 Å². The number of tetrazole rings is 1. The molecule has 0 radical (unpaired) electrons. The highest BCUT2D eigenvalue weighted by Crippen LogP contribution is 2.11. The van der Waals surface area contributed by atoms with Gasteiger partial charge in [-0.25, -0.2) is 0 Å². The lowest BCUT2D eigenvalue weighted by Crippen LogP contribution is -2.13. The lowest BCUT2D eigenvalue weighted by atomic mass is 10.2. The summed E-state index contributed by atoms with van der Waals surface area (Å²) in [5.41, 5.74) is 5.78. The fraction of sp³-hybridized carbons (Fsp3) is 0.833. The Balaban J connectivity index is 2.25. The van der Waals surface area contributed by atoms with E-state index >= 15 is 0 Å². The first-order valence-corrected chi connectivity index (χ1v) is 5.06. The van der Waals surface area contributed by atoms with Gasteiger partial charge in [-0.1, -0.05) is 12.1 Å². The summed E-state index contributed by atoms with van der Waals surface area (Å²) in [6.07, 6.45) is 0.901. The molecule has 0 saturated heterocycles. The average molecular weight is 187 g/mol. The van der Waals surface area contributed by atoms with Crippen LogP contribution in [0, 0.1) is 0 Å². The van der Waals surface area contributed by atoms with Crippen molar-refractivity contribution in [1.82, 2.24) is 20.6 Å². The van der Waals surface area contributed by atoms with Crippen molar-refractivity contribution >= 4 is 11.8 Å². The van der Waals surface area contributed by atoms with Crippen LogP contribution < -0.4 is 5.73 Å². The molecular formula is C6H13N5S. The van der Waals surface area contributed by atoms with Crippen LogP contribution >= 0.6 is 11.8 Å².